The molecule has 2 rings (SSSR count). The number of hydrogen-bond donors (Lipinski definition) is 3. The lowest BCUT2D eigenvalue weighted by Gasteiger charge is -2.28. The van der Waals surface area contributed by atoms with Crippen LogP contribution in [0.5, 0.6) is 0 Å². The summed E-state index contributed by atoms with van der Waals surface area (Å²) < 4.78 is 1.54. The first-order chi connectivity index (χ1) is 11.5. The Kier molecular flexibility index (Phi) is 6.36. The summed E-state index contributed by atoms with van der Waals surface area (Å²) in [7, 11) is 0. The highest BCUT2D eigenvalue weighted by atomic mass is 16.2. The topological polar surface area (TPSA) is 102 Å². The maximum absolute atomic E-state index is 12.5. The number of anilines is 1. The minimum Gasteiger partial charge on any atom is -0.352 e. The summed E-state index contributed by atoms with van der Waals surface area (Å²) in [5.74, 6) is -0.133. The van der Waals surface area contributed by atoms with Crippen LogP contribution in [0.25, 0.3) is 0 Å². The van der Waals surface area contributed by atoms with Gasteiger partial charge in [-0.1, -0.05) is 26.7 Å². The Morgan fingerprint density at radius 3 is 2.58 bits per heavy atom. The Balaban J connectivity index is 1.90. The molecule has 0 saturated heterocycles. The first-order valence-corrected chi connectivity index (χ1v) is 8.86. The lowest BCUT2D eigenvalue weighted by Crippen LogP contribution is -2.41. The van der Waals surface area contributed by atoms with E-state index in [0.717, 1.165) is 12.8 Å². The SMILES string of the molecule is CCC(CC)(CN)C(=O)Nc1cnn(CC(=O)NC2CCCC2)c1. The van der Waals surface area contributed by atoms with E-state index in [0.29, 0.717) is 31.1 Å². The molecule has 2 amide bonds. The van der Waals surface area contributed by atoms with Crippen molar-refractivity contribution in [3.63, 3.8) is 0 Å². The molecule has 1 aromatic heterocycles. The summed E-state index contributed by atoms with van der Waals surface area (Å²) in [6, 6.07) is 0.298. The number of carbonyl (C=O) groups is 2. The van der Waals surface area contributed by atoms with Gasteiger partial charge in [0.1, 0.15) is 6.54 Å². The minimum atomic E-state index is -0.554. The van der Waals surface area contributed by atoms with Gasteiger partial charge in [0.25, 0.3) is 0 Å². The van der Waals surface area contributed by atoms with Crippen LogP contribution in [0, 0.1) is 5.41 Å². The molecule has 4 N–H and O–H groups in total. The van der Waals surface area contributed by atoms with Gasteiger partial charge < -0.3 is 16.4 Å². The number of rotatable bonds is 8. The third kappa shape index (κ3) is 4.35. The largest absolute Gasteiger partial charge is 0.352 e. The summed E-state index contributed by atoms with van der Waals surface area (Å²) >= 11 is 0. The van der Waals surface area contributed by atoms with Crippen LogP contribution >= 0.6 is 0 Å². The molecule has 1 aliphatic carbocycles. The molecule has 134 valence electrons. The highest BCUT2D eigenvalue weighted by molar-refractivity contribution is 5.95. The summed E-state index contributed by atoms with van der Waals surface area (Å²) in [6.45, 7) is 4.40. The van der Waals surface area contributed by atoms with E-state index in [-0.39, 0.29) is 18.4 Å². The second kappa shape index (κ2) is 8.28. The van der Waals surface area contributed by atoms with Crippen molar-refractivity contribution in [1.29, 1.82) is 0 Å². The van der Waals surface area contributed by atoms with Gasteiger partial charge in [0.15, 0.2) is 0 Å². The van der Waals surface area contributed by atoms with Crippen molar-refractivity contribution in [1.82, 2.24) is 15.1 Å². The van der Waals surface area contributed by atoms with E-state index >= 15 is 0 Å². The van der Waals surface area contributed by atoms with Crippen molar-refractivity contribution >= 4 is 17.5 Å². The number of nitrogens with one attached hydrogen (secondary N) is 2. The first-order valence-electron chi connectivity index (χ1n) is 8.86. The number of nitrogens with zero attached hydrogens (tertiary/aromatic N) is 2. The Morgan fingerprint density at radius 2 is 2.00 bits per heavy atom. The second-order valence-electron chi connectivity index (χ2n) is 6.62. The van der Waals surface area contributed by atoms with Crippen molar-refractivity contribution in [2.45, 2.75) is 65.0 Å². The molecule has 0 aliphatic heterocycles. The Labute approximate surface area is 143 Å². The molecule has 24 heavy (non-hydrogen) atoms. The van der Waals surface area contributed by atoms with Crippen LogP contribution in [0.15, 0.2) is 12.4 Å². The smallest absolute Gasteiger partial charge is 0.241 e. The van der Waals surface area contributed by atoms with Gasteiger partial charge in [-0.15, -0.1) is 0 Å². The molecule has 0 aromatic carbocycles. The normalized spacial score (nSPS) is 15.5. The Bertz CT molecular complexity index is 551. The molecule has 0 atom stereocenters. The fourth-order valence-corrected chi connectivity index (χ4v) is 3.22. The first kappa shape index (κ1) is 18.4. The molecule has 7 heteroatoms. The van der Waals surface area contributed by atoms with Crippen molar-refractivity contribution in [3.8, 4) is 0 Å². The van der Waals surface area contributed by atoms with Crippen LogP contribution in [-0.4, -0.2) is 34.2 Å². The third-order valence-electron chi connectivity index (χ3n) is 5.14. The van der Waals surface area contributed by atoms with E-state index in [1.165, 1.54) is 12.8 Å². The van der Waals surface area contributed by atoms with Gasteiger partial charge in [-0.2, -0.15) is 5.10 Å². The van der Waals surface area contributed by atoms with Crippen LogP contribution in [-0.2, 0) is 16.1 Å². The molecule has 1 saturated carbocycles. The average Bonchev–Trinajstić information content (AvgIpc) is 3.22. The van der Waals surface area contributed by atoms with Gasteiger partial charge in [-0.3, -0.25) is 14.3 Å². The predicted molar refractivity (Wildman–Crippen MR) is 93.3 cm³/mol. The Hall–Kier alpha value is -1.89. The molecule has 1 aromatic rings. The van der Waals surface area contributed by atoms with E-state index < -0.39 is 5.41 Å². The number of carbonyl (C=O) groups excluding carboxylic acids is 2. The number of aromatic nitrogens is 2. The molecular weight excluding hydrogens is 306 g/mol. The van der Waals surface area contributed by atoms with Crippen LogP contribution in [0.4, 0.5) is 5.69 Å². The summed E-state index contributed by atoms with van der Waals surface area (Å²) in [5, 5.41) is 10.0. The van der Waals surface area contributed by atoms with Gasteiger partial charge in [0.05, 0.1) is 17.3 Å². The Morgan fingerprint density at radius 1 is 1.33 bits per heavy atom. The van der Waals surface area contributed by atoms with Gasteiger partial charge >= 0.3 is 0 Å². The quantitative estimate of drug-likeness (QED) is 0.672. The molecule has 0 spiro atoms. The maximum Gasteiger partial charge on any atom is 0.241 e. The zero-order chi connectivity index (χ0) is 17.6. The minimum absolute atomic E-state index is 0.0405. The number of hydrogen-bond acceptors (Lipinski definition) is 4. The van der Waals surface area contributed by atoms with Crippen LogP contribution in [0.1, 0.15) is 52.4 Å². The van der Waals surface area contributed by atoms with Crippen molar-refractivity contribution in [2.75, 3.05) is 11.9 Å². The van der Waals surface area contributed by atoms with Crippen molar-refractivity contribution in [3.05, 3.63) is 12.4 Å². The zero-order valence-electron chi connectivity index (χ0n) is 14.7. The van der Waals surface area contributed by atoms with Crippen LogP contribution in [0.2, 0.25) is 0 Å². The second-order valence-corrected chi connectivity index (χ2v) is 6.62. The lowest BCUT2D eigenvalue weighted by molar-refractivity contribution is -0.125. The molecule has 0 unspecified atom stereocenters. The fraction of sp³-hybridized carbons (Fsp3) is 0.706. The molecule has 1 aliphatic rings. The lowest BCUT2D eigenvalue weighted by atomic mass is 9.81. The number of nitrogens with two attached hydrogens (primary N) is 1. The van der Waals surface area contributed by atoms with E-state index in [2.05, 4.69) is 15.7 Å². The van der Waals surface area contributed by atoms with Gasteiger partial charge in [0.2, 0.25) is 11.8 Å². The van der Waals surface area contributed by atoms with Gasteiger partial charge in [-0.05, 0) is 25.7 Å². The fourth-order valence-electron chi connectivity index (χ4n) is 3.22. The standard InChI is InChI=1S/C17H29N5O2/c1-3-17(4-2,12-18)16(24)21-14-9-19-22(10-14)11-15(23)20-13-7-5-6-8-13/h9-10,13H,3-8,11-12,18H2,1-2H3,(H,20,23)(H,21,24). The summed E-state index contributed by atoms with van der Waals surface area (Å²) in [4.78, 5) is 24.5. The maximum atomic E-state index is 12.5. The molecule has 7 nitrogen and oxygen atoms in total. The van der Waals surface area contributed by atoms with E-state index in [1.54, 1.807) is 17.1 Å². The third-order valence-corrected chi connectivity index (χ3v) is 5.14. The molecule has 1 heterocycles. The van der Waals surface area contributed by atoms with E-state index in [4.69, 9.17) is 5.73 Å². The molecule has 0 bridgehead atoms. The van der Waals surface area contributed by atoms with Crippen molar-refractivity contribution in [2.24, 2.45) is 11.1 Å². The molecule has 0 radical (unpaired) electrons. The van der Waals surface area contributed by atoms with Crippen molar-refractivity contribution < 1.29 is 9.59 Å². The summed E-state index contributed by atoms with van der Waals surface area (Å²) in [5.41, 5.74) is 5.84. The van der Waals surface area contributed by atoms with Gasteiger partial charge in [-0.25, -0.2) is 0 Å². The zero-order valence-corrected chi connectivity index (χ0v) is 14.7. The monoisotopic (exact) mass is 335 g/mol. The van der Waals surface area contributed by atoms with Crippen LogP contribution < -0.4 is 16.4 Å². The highest BCUT2D eigenvalue weighted by Gasteiger charge is 2.33. The van der Waals surface area contributed by atoms with Crippen LogP contribution in [0.3, 0.4) is 0 Å². The predicted octanol–water partition coefficient (Wildman–Crippen LogP) is 1.65. The highest BCUT2D eigenvalue weighted by Crippen LogP contribution is 2.26. The number of amides is 2. The summed E-state index contributed by atoms with van der Waals surface area (Å²) in [6.07, 6.45) is 9.09. The van der Waals surface area contributed by atoms with E-state index in [9.17, 15) is 9.59 Å². The van der Waals surface area contributed by atoms with E-state index in [1.807, 2.05) is 13.8 Å². The van der Waals surface area contributed by atoms with Gasteiger partial charge in [0, 0.05) is 18.8 Å². The molecule has 1 fully saturated rings. The average molecular weight is 335 g/mol. The molecular formula is C17H29N5O2.